The fraction of sp³-hybridized carbons (Fsp3) is 0.462. The first-order valence-electron chi connectivity index (χ1n) is 12.1. The van der Waals surface area contributed by atoms with Gasteiger partial charge in [-0.3, -0.25) is 14.3 Å². The summed E-state index contributed by atoms with van der Waals surface area (Å²) in [7, 11) is 0. The molecule has 1 aliphatic heterocycles. The van der Waals surface area contributed by atoms with Crippen LogP contribution in [0.1, 0.15) is 50.5 Å². The van der Waals surface area contributed by atoms with Crippen LogP contribution in [0.25, 0.3) is 10.4 Å². The molecule has 1 fully saturated rings. The van der Waals surface area contributed by atoms with Gasteiger partial charge in [-0.05, 0) is 36.5 Å². The highest BCUT2D eigenvalue weighted by atomic mass is 32.1. The summed E-state index contributed by atoms with van der Waals surface area (Å²) in [5.41, 5.74) is 4.68. The standard InChI is InChI=1S/C26H32FN5O3S/c1-5-19(17-7-9-18(10-8-17)24-16(4)28-14-36-24)30-25(34)23-21(27)20(33)13-31(23)26(35)22(15(2)3)32-12-6-11-29-32/h6-12,14-15,19-23,33H,5,13H2,1-4H3,(H,30,34)/t19-,20-,21-,22-,23-/m0/s1. The van der Waals surface area contributed by atoms with Gasteiger partial charge in [0.1, 0.15) is 18.2 Å². The maximum absolute atomic E-state index is 15.1. The van der Waals surface area contributed by atoms with Crippen molar-refractivity contribution >= 4 is 23.2 Å². The highest BCUT2D eigenvalue weighted by Crippen LogP contribution is 2.31. The second kappa shape index (κ2) is 10.9. The van der Waals surface area contributed by atoms with E-state index in [-0.39, 0.29) is 18.5 Å². The number of hydrogen-bond acceptors (Lipinski definition) is 6. The fourth-order valence-corrected chi connectivity index (χ4v) is 5.57. The van der Waals surface area contributed by atoms with Gasteiger partial charge in [0.15, 0.2) is 6.17 Å². The Kier molecular flexibility index (Phi) is 7.85. The molecule has 3 heterocycles. The van der Waals surface area contributed by atoms with E-state index < -0.39 is 36.2 Å². The molecule has 2 N–H and O–H groups in total. The van der Waals surface area contributed by atoms with Crippen molar-refractivity contribution in [3.05, 3.63) is 59.5 Å². The number of amides is 2. The Morgan fingerprint density at radius 3 is 2.56 bits per heavy atom. The van der Waals surface area contributed by atoms with Gasteiger partial charge in [-0.25, -0.2) is 9.37 Å². The summed E-state index contributed by atoms with van der Waals surface area (Å²) in [6.07, 6.45) is 0.497. The largest absolute Gasteiger partial charge is 0.388 e. The molecule has 3 aromatic rings. The average molecular weight is 514 g/mol. The summed E-state index contributed by atoms with van der Waals surface area (Å²) in [5, 5.41) is 17.4. The van der Waals surface area contributed by atoms with E-state index >= 15 is 4.39 Å². The van der Waals surface area contributed by atoms with Crippen LogP contribution in [0, 0.1) is 12.8 Å². The van der Waals surface area contributed by atoms with Crippen LogP contribution >= 0.6 is 11.3 Å². The molecule has 10 heteroatoms. The molecule has 2 aromatic heterocycles. The van der Waals surface area contributed by atoms with Crippen LogP contribution in [0.4, 0.5) is 4.39 Å². The van der Waals surface area contributed by atoms with Crippen LogP contribution in [0.2, 0.25) is 0 Å². The third-order valence-corrected chi connectivity index (χ3v) is 7.66. The van der Waals surface area contributed by atoms with E-state index in [0.717, 1.165) is 21.7 Å². The highest BCUT2D eigenvalue weighted by Gasteiger charge is 2.50. The first kappa shape index (κ1) is 26.0. The molecule has 36 heavy (non-hydrogen) atoms. The van der Waals surface area contributed by atoms with Gasteiger partial charge in [0.2, 0.25) is 11.8 Å². The summed E-state index contributed by atoms with van der Waals surface area (Å²) in [4.78, 5) is 33.4. The number of alkyl halides is 1. The van der Waals surface area contributed by atoms with Gasteiger partial charge >= 0.3 is 0 Å². The maximum atomic E-state index is 15.1. The minimum atomic E-state index is -1.88. The van der Waals surface area contributed by atoms with E-state index in [9.17, 15) is 14.7 Å². The monoisotopic (exact) mass is 513 g/mol. The van der Waals surface area contributed by atoms with E-state index in [1.54, 1.807) is 35.3 Å². The Bertz CT molecular complexity index is 1180. The van der Waals surface area contributed by atoms with E-state index in [0.29, 0.717) is 6.42 Å². The molecular formula is C26H32FN5O3S. The summed E-state index contributed by atoms with van der Waals surface area (Å²) < 4.78 is 16.6. The zero-order valence-electron chi connectivity index (χ0n) is 20.8. The number of likely N-dealkylation sites (tertiary alicyclic amines) is 1. The third-order valence-electron chi connectivity index (χ3n) is 6.68. The van der Waals surface area contributed by atoms with Gasteiger partial charge in [0, 0.05) is 12.4 Å². The normalized spacial score (nSPS) is 21.5. The van der Waals surface area contributed by atoms with Gasteiger partial charge in [-0.15, -0.1) is 11.3 Å². The van der Waals surface area contributed by atoms with Crippen molar-refractivity contribution in [2.75, 3.05) is 6.54 Å². The number of benzene rings is 1. The predicted octanol–water partition coefficient (Wildman–Crippen LogP) is 3.69. The van der Waals surface area contributed by atoms with Gasteiger partial charge in [-0.2, -0.15) is 5.10 Å². The van der Waals surface area contributed by atoms with Gasteiger partial charge in [0.25, 0.3) is 0 Å². The SMILES string of the molecule is CC[C@H](NC(=O)[C@@H]1[C@@H](F)[C@@H](O)CN1C(=O)[C@H](C(C)C)n1cccn1)c1ccc(-c2scnc2C)cc1. The number of hydrogen-bond donors (Lipinski definition) is 2. The predicted molar refractivity (Wildman–Crippen MR) is 136 cm³/mol. The number of thiazole rings is 1. The molecular weight excluding hydrogens is 481 g/mol. The number of aromatic nitrogens is 3. The quantitative estimate of drug-likeness (QED) is 0.479. The first-order chi connectivity index (χ1) is 17.2. The Hall–Kier alpha value is -3.11. The molecule has 0 unspecified atom stereocenters. The molecule has 0 spiro atoms. The van der Waals surface area contributed by atoms with Crippen molar-refractivity contribution in [1.82, 2.24) is 25.0 Å². The molecule has 0 saturated carbocycles. The van der Waals surface area contributed by atoms with Gasteiger partial charge < -0.3 is 15.3 Å². The number of aliphatic hydroxyl groups is 1. The number of nitrogens with zero attached hydrogens (tertiary/aromatic N) is 4. The third kappa shape index (κ3) is 5.05. The van der Waals surface area contributed by atoms with E-state index in [2.05, 4.69) is 15.4 Å². The number of nitrogens with one attached hydrogen (secondary N) is 1. The van der Waals surface area contributed by atoms with Crippen LogP contribution in [0.15, 0.2) is 48.2 Å². The molecule has 192 valence electrons. The number of β-amino-alcohol motifs (C(OH)–C–C–N with tert-alkyl or cyclic N) is 1. The molecule has 1 aliphatic rings. The summed E-state index contributed by atoms with van der Waals surface area (Å²) in [6.45, 7) is 7.37. The van der Waals surface area contributed by atoms with E-state index in [4.69, 9.17) is 0 Å². The Morgan fingerprint density at radius 2 is 2.00 bits per heavy atom. The van der Waals surface area contributed by atoms with Gasteiger partial charge in [0.05, 0.1) is 28.7 Å². The van der Waals surface area contributed by atoms with Crippen molar-refractivity contribution in [2.24, 2.45) is 5.92 Å². The summed E-state index contributed by atoms with van der Waals surface area (Å²) >= 11 is 1.57. The molecule has 1 aromatic carbocycles. The second-order valence-electron chi connectivity index (χ2n) is 9.48. The summed E-state index contributed by atoms with van der Waals surface area (Å²) in [5.74, 6) is -1.21. The van der Waals surface area contributed by atoms with E-state index in [1.807, 2.05) is 52.0 Å². The molecule has 4 rings (SSSR count). The van der Waals surface area contributed by atoms with Crippen LogP contribution in [-0.4, -0.2) is 61.4 Å². The fourth-order valence-electron chi connectivity index (χ4n) is 4.75. The first-order valence-corrected chi connectivity index (χ1v) is 13.0. The maximum Gasteiger partial charge on any atom is 0.248 e. The zero-order valence-corrected chi connectivity index (χ0v) is 21.7. The number of carbonyl (C=O) groups excluding carboxylic acids is 2. The highest BCUT2D eigenvalue weighted by molar-refractivity contribution is 7.13. The molecule has 2 amide bonds. The van der Waals surface area contributed by atoms with Crippen molar-refractivity contribution in [3.63, 3.8) is 0 Å². The topological polar surface area (TPSA) is 100 Å². The lowest BCUT2D eigenvalue weighted by atomic mass is 10.0. The minimum absolute atomic E-state index is 0.152. The zero-order chi connectivity index (χ0) is 26.0. The lowest BCUT2D eigenvalue weighted by molar-refractivity contribution is -0.143. The average Bonchev–Trinajstić information content (AvgIpc) is 3.59. The van der Waals surface area contributed by atoms with Crippen molar-refractivity contribution in [3.8, 4) is 10.4 Å². The Balaban J connectivity index is 1.53. The smallest absolute Gasteiger partial charge is 0.248 e. The van der Waals surface area contributed by atoms with Crippen LogP contribution in [0.5, 0.6) is 0 Å². The number of halogens is 1. The number of rotatable bonds is 8. The van der Waals surface area contributed by atoms with E-state index in [1.165, 1.54) is 9.58 Å². The number of aryl methyl sites for hydroxylation is 1. The number of aliphatic hydroxyl groups excluding tert-OH is 1. The second-order valence-corrected chi connectivity index (χ2v) is 10.3. The van der Waals surface area contributed by atoms with Gasteiger partial charge in [-0.1, -0.05) is 45.0 Å². The molecule has 1 saturated heterocycles. The van der Waals surface area contributed by atoms with Crippen LogP contribution < -0.4 is 5.32 Å². The summed E-state index contributed by atoms with van der Waals surface area (Å²) in [6, 6.07) is 7.04. The molecule has 0 aliphatic carbocycles. The lowest BCUT2D eigenvalue weighted by Gasteiger charge is -2.31. The molecule has 5 atom stereocenters. The molecule has 0 bridgehead atoms. The lowest BCUT2D eigenvalue weighted by Crippen LogP contribution is -2.52. The number of carbonyl (C=O) groups is 2. The Labute approximate surface area is 214 Å². The van der Waals surface area contributed by atoms with Crippen molar-refractivity contribution in [1.29, 1.82) is 0 Å². The molecule has 0 radical (unpaired) electrons. The Morgan fingerprint density at radius 1 is 1.28 bits per heavy atom. The van der Waals surface area contributed by atoms with Crippen molar-refractivity contribution in [2.45, 2.75) is 64.5 Å². The van der Waals surface area contributed by atoms with Crippen LogP contribution in [0.3, 0.4) is 0 Å². The minimum Gasteiger partial charge on any atom is -0.388 e. The van der Waals surface area contributed by atoms with Crippen molar-refractivity contribution < 1.29 is 19.1 Å². The van der Waals surface area contributed by atoms with Crippen LogP contribution in [-0.2, 0) is 9.59 Å². The molecule has 8 nitrogen and oxygen atoms in total.